The van der Waals surface area contributed by atoms with Crippen molar-refractivity contribution in [3.63, 3.8) is 0 Å². The van der Waals surface area contributed by atoms with Gasteiger partial charge in [-0.05, 0) is 61.7 Å². The average Bonchev–Trinajstić information content (AvgIpc) is 2.64. The second kappa shape index (κ2) is 8.19. The van der Waals surface area contributed by atoms with E-state index < -0.39 is 21.7 Å². The lowest BCUT2D eigenvalue weighted by Gasteiger charge is -2.22. The van der Waals surface area contributed by atoms with E-state index in [-0.39, 0.29) is 16.5 Å². The van der Waals surface area contributed by atoms with Crippen molar-refractivity contribution in [1.29, 1.82) is 0 Å². The summed E-state index contributed by atoms with van der Waals surface area (Å²) in [6, 6.07) is 9.86. The molecule has 5 nitrogen and oxygen atoms in total. The standard InChI is InChI=1S/C20H23FN2O3S/c1-14-7-12-18(27(25,26)23-17-5-3-2-4-6-17)13-19(14)20(24)22-16-10-8-15(21)9-11-16/h7-13,17,23H,2-6H2,1H3,(H,22,24). The second-order valence-electron chi connectivity index (χ2n) is 6.89. The zero-order chi connectivity index (χ0) is 19.4. The number of sulfonamides is 1. The maximum atomic E-state index is 13.0. The summed E-state index contributed by atoms with van der Waals surface area (Å²) in [6.07, 6.45) is 4.85. The van der Waals surface area contributed by atoms with Crippen LogP contribution in [0, 0.1) is 12.7 Å². The van der Waals surface area contributed by atoms with Gasteiger partial charge < -0.3 is 5.32 Å². The van der Waals surface area contributed by atoms with Gasteiger partial charge in [-0.3, -0.25) is 4.79 Å². The Morgan fingerprint density at radius 1 is 1.04 bits per heavy atom. The number of benzene rings is 2. The molecule has 1 aliphatic carbocycles. The van der Waals surface area contributed by atoms with E-state index in [1.165, 1.54) is 36.4 Å². The summed E-state index contributed by atoms with van der Waals surface area (Å²) in [5, 5.41) is 2.67. The summed E-state index contributed by atoms with van der Waals surface area (Å²) >= 11 is 0. The van der Waals surface area contributed by atoms with E-state index in [0.717, 1.165) is 32.1 Å². The highest BCUT2D eigenvalue weighted by atomic mass is 32.2. The normalized spacial score (nSPS) is 15.5. The molecule has 2 aromatic rings. The molecular formula is C20H23FN2O3S. The molecule has 0 saturated heterocycles. The summed E-state index contributed by atoms with van der Waals surface area (Å²) in [7, 11) is -3.69. The van der Waals surface area contributed by atoms with Crippen molar-refractivity contribution in [1.82, 2.24) is 4.72 Å². The molecule has 27 heavy (non-hydrogen) atoms. The van der Waals surface area contributed by atoms with Crippen LogP contribution in [-0.4, -0.2) is 20.4 Å². The summed E-state index contributed by atoms with van der Waals surface area (Å²) in [5.74, 6) is -0.833. The number of rotatable bonds is 5. The van der Waals surface area contributed by atoms with Gasteiger partial charge in [-0.2, -0.15) is 0 Å². The zero-order valence-corrected chi connectivity index (χ0v) is 16.0. The molecule has 0 radical (unpaired) electrons. The maximum Gasteiger partial charge on any atom is 0.255 e. The van der Waals surface area contributed by atoms with Crippen LogP contribution in [-0.2, 0) is 10.0 Å². The lowest BCUT2D eigenvalue weighted by molar-refractivity contribution is 0.102. The Balaban J connectivity index is 1.80. The van der Waals surface area contributed by atoms with Gasteiger partial charge in [0.2, 0.25) is 10.0 Å². The third-order valence-electron chi connectivity index (χ3n) is 4.79. The Kier molecular flexibility index (Phi) is 5.92. The first-order valence-electron chi connectivity index (χ1n) is 9.05. The van der Waals surface area contributed by atoms with Crippen LogP contribution in [0.5, 0.6) is 0 Å². The van der Waals surface area contributed by atoms with Gasteiger partial charge in [-0.25, -0.2) is 17.5 Å². The van der Waals surface area contributed by atoms with E-state index in [0.29, 0.717) is 11.3 Å². The van der Waals surface area contributed by atoms with Crippen LogP contribution in [0.4, 0.5) is 10.1 Å². The molecule has 2 aromatic carbocycles. The molecule has 144 valence electrons. The number of carbonyl (C=O) groups is 1. The van der Waals surface area contributed by atoms with Crippen LogP contribution in [0.25, 0.3) is 0 Å². The van der Waals surface area contributed by atoms with Crippen LogP contribution in [0.15, 0.2) is 47.4 Å². The topological polar surface area (TPSA) is 75.3 Å². The van der Waals surface area contributed by atoms with Gasteiger partial charge in [0, 0.05) is 17.3 Å². The maximum absolute atomic E-state index is 13.0. The third-order valence-corrected chi connectivity index (χ3v) is 6.31. The molecule has 1 fully saturated rings. The molecule has 1 aliphatic rings. The highest BCUT2D eigenvalue weighted by Crippen LogP contribution is 2.22. The minimum Gasteiger partial charge on any atom is -0.322 e. The molecule has 2 N–H and O–H groups in total. The van der Waals surface area contributed by atoms with Crippen LogP contribution >= 0.6 is 0 Å². The number of nitrogens with one attached hydrogen (secondary N) is 2. The van der Waals surface area contributed by atoms with E-state index in [1.54, 1.807) is 13.0 Å². The average molecular weight is 390 g/mol. The summed E-state index contributed by atoms with van der Waals surface area (Å²) in [4.78, 5) is 12.6. The van der Waals surface area contributed by atoms with Crippen LogP contribution in [0.3, 0.4) is 0 Å². The van der Waals surface area contributed by atoms with E-state index in [1.807, 2.05) is 0 Å². The molecule has 0 spiro atoms. The lowest BCUT2D eigenvalue weighted by Crippen LogP contribution is -2.36. The van der Waals surface area contributed by atoms with E-state index in [4.69, 9.17) is 0 Å². The van der Waals surface area contributed by atoms with Gasteiger partial charge in [-0.1, -0.05) is 25.3 Å². The molecule has 0 bridgehead atoms. The molecule has 7 heteroatoms. The molecule has 0 unspecified atom stereocenters. The van der Waals surface area contributed by atoms with Gasteiger partial charge in [0.25, 0.3) is 5.91 Å². The monoisotopic (exact) mass is 390 g/mol. The molecule has 0 atom stereocenters. The number of hydrogen-bond acceptors (Lipinski definition) is 3. The smallest absolute Gasteiger partial charge is 0.255 e. The van der Waals surface area contributed by atoms with Gasteiger partial charge in [0.05, 0.1) is 4.90 Å². The predicted molar refractivity (Wildman–Crippen MR) is 103 cm³/mol. The van der Waals surface area contributed by atoms with E-state index >= 15 is 0 Å². The zero-order valence-electron chi connectivity index (χ0n) is 15.2. The fourth-order valence-electron chi connectivity index (χ4n) is 3.25. The number of carbonyl (C=O) groups excluding carboxylic acids is 1. The minimum absolute atomic E-state index is 0.0541. The first-order chi connectivity index (χ1) is 12.8. The first kappa shape index (κ1) is 19.5. The van der Waals surface area contributed by atoms with Crippen LogP contribution < -0.4 is 10.0 Å². The molecule has 1 amide bonds. The van der Waals surface area contributed by atoms with Crippen molar-refractivity contribution >= 4 is 21.6 Å². The molecule has 3 rings (SSSR count). The Hall–Kier alpha value is -2.25. The predicted octanol–water partition coefficient (Wildman–Crippen LogP) is 4.00. The summed E-state index contributed by atoms with van der Waals surface area (Å²) in [5.41, 5.74) is 1.37. The van der Waals surface area contributed by atoms with Crippen LogP contribution in [0.1, 0.15) is 48.0 Å². The first-order valence-corrected chi connectivity index (χ1v) is 10.5. The van der Waals surface area contributed by atoms with Crippen molar-refractivity contribution in [2.75, 3.05) is 5.32 Å². The number of amides is 1. The SMILES string of the molecule is Cc1ccc(S(=O)(=O)NC2CCCCC2)cc1C(=O)Nc1ccc(F)cc1. The summed E-state index contributed by atoms with van der Waals surface area (Å²) in [6.45, 7) is 1.74. The van der Waals surface area contributed by atoms with E-state index in [9.17, 15) is 17.6 Å². The number of aryl methyl sites for hydroxylation is 1. The molecule has 1 saturated carbocycles. The molecular weight excluding hydrogens is 367 g/mol. The number of hydrogen-bond donors (Lipinski definition) is 2. The van der Waals surface area contributed by atoms with Crippen LogP contribution in [0.2, 0.25) is 0 Å². The lowest BCUT2D eigenvalue weighted by atomic mass is 9.96. The van der Waals surface area contributed by atoms with Gasteiger partial charge in [0.1, 0.15) is 5.82 Å². The van der Waals surface area contributed by atoms with Gasteiger partial charge in [-0.15, -0.1) is 0 Å². The Bertz CT molecular complexity index is 921. The number of halogens is 1. The minimum atomic E-state index is -3.69. The quantitative estimate of drug-likeness (QED) is 0.810. The largest absolute Gasteiger partial charge is 0.322 e. The van der Waals surface area contributed by atoms with Crippen molar-refractivity contribution in [2.45, 2.75) is 50.0 Å². The summed E-state index contributed by atoms with van der Waals surface area (Å²) < 4.78 is 41.1. The highest BCUT2D eigenvalue weighted by Gasteiger charge is 2.23. The van der Waals surface area contributed by atoms with Crippen molar-refractivity contribution in [3.8, 4) is 0 Å². The Labute approximate surface area is 159 Å². The molecule has 0 aliphatic heterocycles. The van der Waals surface area contributed by atoms with Gasteiger partial charge in [0.15, 0.2) is 0 Å². The van der Waals surface area contributed by atoms with Crippen molar-refractivity contribution in [2.24, 2.45) is 0 Å². The highest BCUT2D eigenvalue weighted by molar-refractivity contribution is 7.89. The van der Waals surface area contributed by atoms with Crippen molar-refractivity contribution in [3.05, 3.63) is 59.4 Å². The third kappa shape index (κ3) is 4.93. The Morgan fingerprint density at radius 3 is 2.37 bits per heavy atom. The second-order valence-corrected chi connectivity index (χ2v) is 8.61. The van der Waals surface area contributed by atoms with E-state index in [2.05, 4.69) is 10.0 Å². The van der Waals surface area contributed by atoms with Gasteiger partial charge >= 0.3 is 0 Å². The van der Waals surface area contributed by atoms with Crippen molar-refractivity contribution < 1.29 is 17.6 Å². The molecule has 0 aromatic heterocycles. The Morgan fingerprint density at radius 2 is 1.70 bits per heavy atom. The molecule has 0 heterocycles. The fourth-order valence-corrected chi connectivity index (χ4v) is 4.58. The number of anilines is 1. The fraction of sp³-hybridized carbons (Fsp3) is 0.350.